The molecular weight excluding hydrogens is 296 g/mol. The highest BCUT2D eigenvalue weighted by atomic mass is 35.5. The van der Waals surface area contributed by atoms with Crippen molar-refractivity contribution in [3.63, 3.8) is 0 Å². The molecule has 116 valence electrons. The first-order valence-corrected chi connectivity index (χ1v) is 7.34. The van der Waals surface area contributed by atoms with E-state index in [9.17, 15) is 14.9 Å². The summed E-state index contributed by atoms with van der Waals surface area (Å²) in [5.74, 6) is -0.466. The van der Waals surface area contributed by atoms with Gasteiger partial charge < -0.3 is 4.74 Å². The van der Waals surface area contributed by atoms with Gasteiger partial charge in [0.2, 0.25) is 0 Å². The quantitative estimate of drug-likeness (QED) is 0.313. The number of hydrogen-bond acceptors (Lipinski definition) is 5. The zero-order valence-electron chi connectivity index (χ0n) is 12.2. The average Bonchev–Trinajstić information content (AvgIpc) is 2.46. The van der Waals surface area contributed by atoms with Gasteiger partial charge in [0.05, 0.1) is 11.5 Å². The van der Waals surface area contributed by atoms with Crippen molar-refractivity contribution in [3.8, 4) is 0 Å². The molecule has 0 aliphatic rings. The Morgan fingerprint density at radius 3 is 2.81 bits per heavy atom. The maximum absolute atomic E-state index is 12.0. The molecular formula is C14H19ClN2O4. The number of nitro groups is 1. The first-order chi connectivity index (χ1) is 9.99. The minimum atomic E-state index is -0.735. The van der Waals surface area contributed by atoms with Crippen molar-refractivity contribution in [2.75, 3.05) is 6.61 Å². The minimum absolute atomic E-state index is 0.0191. The molecule has 0 amide bonds. The lowest BCUT2D eigenvalue weighted by Gasteiger charge is -2.14. The Morgan fingerprint density at radius 2 is 2.24 bits per heavy atom. The number of carbonyl (C=O) groups is 1. The van der Waals surface area contributed by atoms with Gasteiger partial charge in [-0.1, -0.05) is 44.7 Å². The number of pyridine rings is 1. The smallest absolute Gasteiger partial charge is 0.345 e. The number of esters is 1. The van der Waals surface area contributed by atoms with Crippen molar-refractivity contribution < 1.29 is 14.5 Å². The summed E-state index contributed by atoms with van der Waals surface area (Å²) in [6.07, 6.45) is 4.98. The normalized spacial score (nSPS) is 12.0. The summed E-state index contributed by atoms with van der Waals surface area (Å²) in [4.78, 5) is 25.8. The summed E-state index contributed by atoms with van der Waals surface area (Å²) in [5.41, 5.74) is -0.559. The standard InChI is InChI=1S/C14H19ClN2O4/c1-3-5-6-10(4-2)9-21-14(18)11-7-13(15)16-8-12(11)17(19)20/h7-8,10H,3-6,9H2,1-2H3. The SMILES string of the molecule is CCCCC(CC)COC(=O)c1cc(Cl)ncc1[N+](=O)[O-]. The highest BCUT2D eigenvalue weighted by Crippen LogP contribution is 2.22. The van der Waals surface area contributed by atoms with Crippen LogP contribution in [0.4, 0.5) is 5.69 Å². The van der Waals surface area contributed by atoms with Gasteiger partial charge in [-0.05, 0) is 18.4 Å². The molecule has 0 aromatic carbocycles. The number of halogens is 1. The van der Waals surface area contributed by atoms with E-state index in [0.717, 1.165) is 37.9 Å². The molecule has 0 N–H and O–H groups in total. The van der Waals surface area contributed by atoms with Crippen LogP contribution in [0.1, 0.15) is 49.9 Å². The number of hydrogen-bond donors (Lipinski definition) is 0. The van der Waals surface area contributed by atoms with Gasteiger partial charge in [-0.15, -0.1) is 0 Å². The molecule has 0 fully saturated rings. The molecule has 1 rings (SSSR count). The summed E-state index contributed by atoms with van der Waals surface area (Å²) >= 11 is 5.68. The Kier molecular flexibility index (Phi) is 7.08. The zero-order valence-corrected chi connectivity index (χ0v) is 12.9. The molecule has 0 spiro atoms. The van der Waals surface area contributed by atoms with Crippen LogP contribution >= 0.6 is 11.6 Å². The summed E-state index contributed by atoms with van der Waals surface area (Å²) in [5, 5.41) is 10.9. The van der Waals surface area contributed by atoms with Gasteiger partial charge in [0.15, 0.2) is 0 Å². The molecule has 6 nitrogen and oxygen atoms in total. The highest BCUT2D eigenvalue weighted by molar-refractivity contribution is 6.29. The summed E-state index contributed by atoms with van der Waals surface area (Å²) in [6.45, 7) is 4.38. The number of rotatable bonds is 8. The highest BCUT2D eigenvalue weighted by Gasteiger charge is 2.23. The molecule has 7 heteroatoms. The van der Waals surface area contributed by atoms with E-state index in [1.807, 2.05) is 6.92 Å². The Labute approximate surface area is 128 Å². The molecule has 0 bridgehead atoms. The van der Waals surface area contributed by atoms with E-state index >= 15 is 0 Å². The topological polar surface area (TPSA) is 82.3 Å². The summed E-state index contributed by atoms with van der Waals surface area (Å²) in [7, 11) is 0. The van der Waals surface area contributed by atoms with Crippen molar-refractivity contribution in [1.29, 1.82) is 0 Å². The van der Waals surface area contributed by atoms with Gasteiger partial charge in [-0.25, -0.2) is 9.78 Å². The number of aromatic nitrogens is 1. The fraction of sp³-hybridized carbons (Fsp3) is 0.571. The largest absolute Gasteiger partial charge is 0.462 e. The predicted molar refractivity (Wildman–Crippen MR) is 79.5 cm³/mol. The third kappa shape index (κ3) is 5.30. The van der Waals surface area contributed by atoms with Crippen LogP contribution in [0.15, 0.2) is 12.3 Å². The van der Waals surface area contributed by atoms with Crippen LogP contribution in [0, 0.1) is 16.0 Å². The van der Waals surface area contributed by atoms with E-state index in [0.29, 0.717) is 0 Å². The van der Waals surface area contributed by atoms with Gasteiger partial charge in [-0.2, -0.15) is 0 Å². The van der Waals surface area contributed by atoms with Crippen molar-refractivity contribution in [2.24, 2.45) is 5.92 Å². The van der Waals surface area contributed by atoms with Gasteiger partial charge in [-0.3, -0.25) is 10.1 Å². The van der Waals surface area contributed by atoms with E-state index in [4.69, 9.17) is 16.3 Å². The maximum atomic E-state index is 12.0. The molecule has 1 heterocycles. The van der Waals surface area contributed by atoms with Crippen molar-refractivity contribution in [1.82, 2.24) is 4.98 Å². The number of unbranched alkanes of at least 4 members (excludes halogenated alkanes) is 1. The average molecular weight is 315 g/mol. The van der Waals surface area contributed by atoms with Crippen LogP contribution in [0.3, 0.4) is 0 Å². The van der Waals surface area contributed by atoms with E-state index in [1.54, 1.807) is 0 Å². The second kappa shape index (κ2) is 8.56. The molecule has 0 radical (unpaired) electrons. The first-order valence-electron chi connectivity index (χ1n) is 6.96. The summed E-state index contributed by atoms with van der Waals surface area (Å²) < 4.78 is 5.19. The van der Waals surface area contributed by atoms with Crippen LogP contribution in [0.5, 0.6) is 0 Å². The van der Waals surface area contributed by atoms with Crippen LogP contribution in [-0.2, 0) is 4.74 Å². The van der Waals surface area contributed by atoms with Gasteiger partial charge in [0.1, 0.15) is 16.9 Å². The Bertz CT molecular complexity index is 508. The minimum Gasteiger partial charge on any atom is -0.462 e. The van der Waals surface area contributed by atoms with Gasteiger partial charge in [0.25, 0.3) is 0 Å². The summed E-state index contributed by atoms with van der Waals surface area (Å²) in [6, 6.07) is 1.16. The lowest BCUT2D eigenvalue weighted by molar-refractivity contribution is -0.385. The Morgan fingerprint density at radius 1 is 1.52 bits per heavy atom. The van der Waals surface area contributed by atoms with Crippen LogP contribution in [-0.4, -0.2) is 22.5 Å². The third-order valence-corrected chi connectivity index (χ3v) is 3.47. The molecule has 1 unspecified atom stereocenters. The van der Waals surface area contributed by atoms with E-state index < -0.39 is 16.6 Å². The number of nitrogens with zero attached hydrogens (tertiary/aromatic N) is 2. The Hall–Kier alpha value is -1.69. The zero-order chi connectivity index (χ0) is 15.8. The lowest BCUT2D eigenvalue weighted by atomic mass is 10.0. The predicted octanol–water partition coefficient (Wildman–Crippen LogP) is 4.02. The second-order valence-electron chi connectivity index (χ2n) is 4.80. The van der Waals surface area contributed by atoms with Crippen molar-refractivity contribution in [2.45, 2.75) is 39.5 Å². The molecule has 21 heavy (non-hydrogen) atoms. The second-order valence-corrected chi connectivity index (χ2v) is 5.18. The van der Waals surface area contributed by atoms with Crippen molar-refractivity contribution >= 4 is 23.3 Å². The third-order valence-electron chi connectivity index (χ3n) is 3.26. The maximum Gasteiger partial charge on any atom is 0.345 e. The molecule has 1 aromatic rings. The number of carbonyl (C=O) groups excluding carboxylic acids is 1. The van der Waals surface area contributed by atoms with E-state index in [2.05, 4.69) is 11.9 Å². The van der Waals surface area contributed by atoms with Crippen LogP contribution < -0.4 is 0 Å². The number of ether oxygens (including phenoxy) is 1. The van der Waals surface area contributed by atoms with Gasteiger partial charge >= 0.3 is 11.7 Å². The molecule has 1 atom stereocenters. The van der Waals surface area contributed by atoms with Gasteiger partial charge in [0, 0.05) is 0 Å². The monoisotopic (exact) mass is 314 g/mol. The molecule has 0 aliphatic carbocycles. The lowest BCUT2D eigenvalue weighted by Crippen LogP contribution is -2.15. The fourth-order valence-electron chi connectivity index (χ4n) is 1.90. The van der Waals surface area contributed by atoms with Crippen molar-refractivity contribution in [3.05, 3.63) is 33.1 Å². The van der Waals surface area contributed by atoms with E-state index in [-0.39, 0.29) is 23.2 Å². The van der Waals surface area contributed by atoms with Crippen LogP contribution in [0.25, 0.3) is 0 Å². The Balaban J connectivity index is 2.75. The molecule has 0 aliphatic heterocycles. The fourth-order valence-corrected chi connectivity index (χ4v) is 2.06. The molecule has 0 saturated carbocycles. The molecule has 1 aromatic heterocycles. The first kappa shape index (κ1) is 17.4. The van der Waals surface area contributed by atoms with Crippen LogP contribution in [0.2, 0.25) is 5.15 Å². The molecule has 0 saturated heterocycles. The van der Waals surface area contributed by atoms with E-state index in [1.165, 1.54) is 0 Å².